The lowest BCUT2D eigenvalue weighted by molar-refractivity contribution is -0.168. The van der Waals surface area contributed by atoms with Crippen LogP contribution in [0.15, 0.2) is 0 Å². The van der Waals surface area contributed by atoms with Crippen LogP contribution in [-0.2, 0) is 4.79 Å². The van der Waals surface area contributed by atoms with Crippen molar-refractivity contribution in [2.24, 2.45) is 52.3 Å². The van der Waals surface area contributed by atoms with Gasteiger partial charge >= 0.3 is 0 Å². The van der Waals surface area contributed by atoms with Crippen molar-refractivity contribution in [1.29, 1.82) is 0 Å². The van der Waals surface area contributed by atoms with Crippen LogP contribution in [0.25, 0.3) is 0 Å². The molecular weight excluding hydrogens is 356 g/mol. The Kier molecular flexibility index (Phi) is 5.99. The average molecular weight is 403 g/mol. The van der Waals surface area contributed by atoms with Crippen molar-refractivity contribution in [1.82, 2.24) is 0 Å². The Morgan fingerprint density at radius 3 is 2.45 bits per heavy atom. The predicted molar refractivity (Wildman–Crippen MR) is 119 cm³/mol. The Hall–Kier alpha value is -0.370. The first-order valence-corrected chi connectivity index (χ1v) is 12.9. The standard InChI is InChI=1S/C27H46O2/c1-17(2)7-6-8-18(3)21-9-10-22-25-23(12-14-27(21,22)5)26(4)13-11-20(28)15-19(26)16-24(25)29/h17-19,21-25,29H,6-16H2,1-5H3/t18-,19-,21-,22?,23?,24-,25?,26+,27-/m1/s1. The maximum Gasteiger partial charge on any atom is 0.133 e. The van der Waals surface area contributed by atoms with E-state index in [0.717, 1.165) is 43.4 Å². The fourth-order valence-electron chi connectivity index (χ4n) is 9.04. The highest BCUT2D eigenvalue weighted by Gasteiger charge is 2.62. The molecular formula is C27H46O2. The van der Waals surface area contributed by atoms with Gasteiger partial charge in [-0.3, -0.25) is 4.79 Å². The molecule has 0 aromatic carbocycles. The van der Waals surface area contributed by atoms with Gasteiger partial charge in [-0.05, 0) is 90.8 Å². The lowest BCUT2D eigenvalue weighted by Gasteiger charge is -2.62. The molecule has 0 aromatic rings. The van der Waals surface area contributed by atoms with E-state index in [-0.39, 0.29) is 6.10 Å². The van der Waals surface area contributed by atoms with Crippen LogP contribution in [0.2, 0.25) is 0 Å². The van der Waals surface area contributed by atoms with E-state index in [0.29, 0.717) is 40.3 Å². The Bertz CT molecular complexity index is 612. The van der Waals surface area contributed by atoms with Crippen LogP contribution in [0.4, 0.5) is 0 Å². The number of rotatable bonds is 5. The Labute approximate surface area is 179 Å². The van der Waals surface area contributed by atoms with E-state index in [4.69, 9.17) is 0 Å². The number of aliphatic hydroxyl groups excluding tert-OH is 1. The topological polar surface area (TPSA) is 37.3 Å². The summed E-state index contributed by atoms with van der Waals surface area (Å²) < 4.78 is 0. The van der Waals surface area contributed by atoms with Crippen LogP contribution in [0.5, 0.6) is 0 Å². The minimum absolute atomic E-state index is 0.177. The molecule has 0 spiro atoms. The van der Waals surface area contributed by atoms with Crippen molar-refractivity contribution in [3.63, 3.8) is 0 Å². The first kappa shape index (κ1) is 21.8. The first-order chi connectivity index (χ1) is 13.7. The van der Waals surface area contributed by atoms with E-state index in [9.17, 15) is 9.90 Å². The van der Waals surface area contributed by atoms with Crippen LogP contribution in [0.3, 0.4) is 0 Å². The summed E-state index contributed by atoms with van der Waals surface area (Å²) in [4.78, 5) is 12.1. The highest BCUT2D eigenvalue weighted by Crippen LogP contribution is 2.68. The van der Waals surface area contributed by atoms with Crippen molar-refractivity contribution in [2.75, 3.05) is 0 Å². The molecule has 166 valence electrons. The molecule has 9 atom stereocenters. The molecule has 3 unspecified atom stereocenters. The molecule has 4 aliphatic rings. The summed E-state index contributed by atoms with van der Waals surface area (Å²) in [6, 6.07) is 0. The van der Waals surface area contributed by atoms with Crippen LogP contribution in [-0.4, -0.2) is 17.0 Å². The molecule has 4 fully saturated rings. The Morgan fingerprint density at radius 2 is 1.72 bits per heavy atom. The number of Topliss-reactive ketones (excluding diaryl/α,β-unsaturated/α-hetero) is 1. The van der Waals surface area contributed by atoms with Gasteiger partial charge in [0.2, 0.25) is 0 Å². The van der Waals surface area contributed by atoms with Gasteiger partial charge in [0.1, 0.15) is 5.78 Å². The van der Waals surface area contributed by atoms with Gasteiger partial charge in [-0.25, -0.2) is 0 Å². The summed E-state index contributed by atoms with van der Waals surface area (Å²) in [6.07, 6.45) is 12.7. The fraction of sp³-hybridized carbons (Fsp3) is 0.963. The summed E-state index contributed by atoms with van der Waals surface area (Å²) in [5.41, 5.74) is 0.715. The molecule has 4 rings (SSSR count). The van der Waals surface area contributed by atoms with Crippen molar-refractivity contribution in [2.45, 2.75) is 111 Å². The minimum Gasteiger partial charge on any atom is -0.393 e. The van der Waals surface area contributed by atoms with Crippen molar-refractivity contribution in [3.05, 3.63) is 0 Å². The maximum atomic E-state index is 12.1. The summed E-state index contributed by atoms with van der Waals surface area (Å²) in [6.45, 7) is 12.3. The molecule has 0 aliphatic heterocycles. The smallest absolute Gasteiger partial charge is 0.133 e. The number of fused-ring (bicyclic) bond motifs is 5. The zero-order valence-electron chi connectivity index (χ0n) is 19.8. The van der Waals surface area contributed by atoms with Crippen LogP contribution >= 0.6 is 0 Å². The zero-order chi connectivity index (χ0) is 21.0. The minimum atomic E-state index is -0.177. The van der Waals surface area contributed by atoms with Gasteiger partial charge < -0.3 is 5.11 Å². The molecule has 2 nitrogen and oxygen atoms in total. The summed E-state index contributed by atoms with van der Waals surface area (Å²) in [7, 11) is 0. The lowest BCUT2D eigenvalue weighted by atomic mass is 9.44. The van der Waals surface area contributed by atoms with Gasteiger partial charge in [0.15, 0.2) is 0 Å². The monoisotopic (exact) mass is 402 g/mol. The molecule has 4 saturated carbocycles. The molecule has 0 saturated heterocycles. The molecule has 2 heteroatoms. The van der Waals surface area contributed by atoms with E-state index in [1.165, 1.54) is 44.9 Å². The van der Waals surface area contributed by atoms with Crippen LogP contribution < -0.4 is 0 Å². The van der Waals surface area contributed by atoms with Gasteiger partial charge in [-0.15, -0.1) is 0 Å². The number of hydrogen-bond donors (Lipinski definition) is 1. The van der Waals surface area contributed by atoms with E-state index in [2.05, 4.69) is 34.6 Å². The second-order valence-electron chi connectivity index (χ2n) is 12.6. The molecule has 0 aromatic heterocycles. The molecule has 0 radical (unpaired) electrons. The molecule has 0 amide bonds. The second kappa shape index (κ2) is 7.95. The fourth-order valence-corrected chi connectivity index (χ4v) is 9.04. The zero-order valence-corrected chi connectivity index (χ0v) is 19.8. The Morgan fingerprint density at radius 1 is 1.00 bits per heavy atom. The summed E-state index contributed by atoms with van der Waals surface area (Å²) in [5, 5.41) is 11.3. The van der Waals surface area contributed by atoms with Gasteiger partial charge in [0, 0.05) is 12.8 Å². The Balaban J connectivity index is 1.51. The SMILES string of the molecule is CC(C)CCC[C@@H](C)[C@H]1CCC2C3C(CC[C@@]21C)[C@@]1(C)CCC(=O)C[C@@H]1C[C@H]3O. The molecule has 0 heterocycles. The van der Waals surface area contributed by atoms with Crippen LogP contribution in [0.1, 0.15) is 105 Å². The van der Waals surface area contributed by atoms with Crippen molar-refractivity contribution < 1.29 is 9.90 Å². The van der Waals surface area contributed by atoms with Gasteiger partial charge in [0.25, 0.3) is 0 Å². The third-order valence-electron chi connectivity index (χ3n) is 10.7. The third-order valence-corrected chi connectivity index (χ3v) is 10.7. The largest absolute Gasteiger partial charge is 0.393 e. The number of carbonyl (C=O) groups is 1. The third kappa shape index (κ3) is 3.64. The van der Waals surface area contributed by atoms with Crippen molar-refractivity contribution in [3.8, 4) is 0 Å². The number of ketones is 1. The molecule has 29 heavy (non-hydrogen) atoms. The number of aliphatic hydroxyl groups is 1. The molecule has 0 bridgehead atoms. The number of carbonyl (C=O) groups excluding carboxylic acids is 1. The molecule has 4 aliphatic carbocycles. The van der Waals surface area contributed by atoms with Gasteiger partial charge in [-0.1, -0.05) is 53.9 Å². The highest BCUT2D eigenvalue weighted by molar-refractivity contribution is 5.79. The predicted octanol–water partition coefficient (Wildman–Crippen LogP) is 6.65. The number of hydrogen-bond acceptors (Lipinski definition) is 2. The first-order valence-electron chi connectivity index (χ1n) is 12.9. The lowest BCUT2D eigenvalue weighted by Crippen LogP contribution is -2.58. The summed E-state index contributed by atoms with van der Waals surface area (Å²) >= 11 is 0. The molecule has 1 N–H and O–H groups in total. The van der Waals surface area contributed by atoms with Gasteiger partial charge in [0.05, 0.1) is 6.10 Å². The van der Waals surface area contributed by atoms with Gasteiger partial charge in [-0.2, -0.15) is 0 Å². The van der Waals surface area contributed by atoms with E-state index in [1.54, 1.807) is 0 Å². The maximum absolute atomic E-state index is 12.1. The van der Waals surface area contributed by atoms with E-state index < -0.39 is 0 Å². The van der Waals surface area contributed by atoms with E-state index in [1.807, 2.05) is 0 Å². The average Bonchev–Trinajstić information content (AvgIpc) is 3.00. The highest BCUT2D eigenvalue weighted by atomic mass is 16.3. The second-order valence-corrected chi connectivity index (χ2v) is 12.6. The van der Waals surface area contributed by atoms with Crippen LogP contribution in [0, 0.1) is 52.3 Å². The summed E-state index contributed by atoms with van der Waals surface area (Å²) in [5.74, 6) is 5.16. The van der Waals surface area contributed by atoms with E-state index >= 15 is 0 Å². The normalized spacial score (nSPS) is 48.2. The van der Waals surface area contributed by atoms with Crippen molar-refractivity contribution >= 4 is 5.78 Å². The quantitative estimate of drug-likeness (QED) is 0.559.